The second-order valence-corrected chi connectivity index (χ2v) is 9.09. The van der Waals surface area contributed by atoms with Gasteiger partial charge in [0.2, 0.25) is 0 Å². The maximum atomic E-state index is 11.3. The Morgan fingerprint density at radius 2 is 2.10 bits per heavy atom. The fraction of sp³-hybridized carbons (Fsp3) is 0.588. The molecule has 1 aromatic carbocycles. The van der Waals surface area contributed by atoms with Gasteiger partial charge in [-0.1, -0.05) is 0 Å². The molecule has 0 radical (unpaired) electrons. The number of aromatic carboxylic acids is 1. The summed E-state index contributed by atoms with van der Waals surface area (Å²) in [6.45, 7) is 4.58. The van der Waals surface area contributed by atoms with Crippen LogP contribution in [0.25, 0.3) is 0 Å². The van der Waals surface area contributed by atoms with Gasteiger partial charge in [0.25, 0.3) is 0 Å². The van der Waals surface area contributed by atoms with Crippen molar-refractivity contribution < 1.29 is 15.0 Å². The fourth-order valence-electron chi connectivity index (χ4n) is 4.36. The number of fused-ring (bicyclic) bond motifs is 2. The third-order valence-electron chi connectivity index (χ3n) is 5.99. The standard InChI is InChI=1S/C17H22O3Se/c1-16(2)11-7-8-17(16,14(18)9-11)10-21-13-6-4-3-5-12(13)15(19)20/h3-6,11,14,18H,7-10H2,1-2H3,(H,19,20)/t11-,14-,17-/m0/s1. The van der Waals surface area contributed by atoms with E-state index in [0.29, 0.717) is 11.5 Å². The van der Waals surface area contributed by atoms with Crippen LogP contribution in [-0.4, -0.2) is 37.2 Å². The van der Waals surface area contributed by atoms with Crippen LogP contribution in [0.1, 0.15) is 43.5 Å². The Morgan fingerprint density at radius 1 is 1.38 bits per heavy atom. The predicted molar refractivity (Wildman–Crippen MR) is 83.2 cm³/mol. The second-order valence-electron chi connectivity index (χ2n) is 6.95. The van der Waals surface area contributed by atoms with Gasteiger partial charge in [0.05, 0.1) is 0 Å². The Hall–Kier alpha value is -0.831. The van der Waals surface area contributed by atoms with E-state index in [4.69, 9.17) is 0 Å². The molecule has 0 saturated heterocycles. The summed E-state index contributed by atoms with van der Waals surface area (Å²) in [6.07, 6.45) is 3.00. The zero-order valence-corrected chi connectivity index (χ0v) is 14.2. The van der Waals surface area contributed by atoms with Crippen LogP contribution in [0.15, 0.2) is 24.3 Å². The SMILES string of the molecule is CC1(C)[C@H]2CC[C@]1(C[Se]c1ccccc1C(=O)O)[C@@H](O)C2. The number of hydrogen-bond acceptors (Lipinski definition) is 2. The maximum absolute atomic E-state index is 11.3. The minimum absolute atomic E-state index is 0.0106. The van der Waals surface area contributed by atoms with Crippen molar-refractivity contribution in [1.82, 2.24) is 0 Å². The van der Waals surface area contributed by atoms with Crippen LogP contribution in [-0.2, 0) is 0 Å². The van der Waals surface area contributed by atoms with E-state index < -0.39 is 5.97 Å². The average Bonchev–Trinajstić information content (AvgIpc) is 2.79. The molecule has 0 aliphatic heterocycles. The van der Waals surface area contributed by atoms with Gasteiger partial charge in [-0.3, -0.25) is 0 Å². The number of rotatable bonds is 4. The van der Waals surface area contributed by atoms with E-state index in [1.54, 1.807) is 12.1 Å². The van der Waals surface area contributed by atoms with Crippen LogP contribution in [0.2, 0.25) is 5.32 Å². The number of aliphatic hydroxyl groups excluding tert-OH is 1. The summed E-state index contributed by atoms with van der Waals surface area (Å²) in [5, 5.41) is 20.8. The fourth-order valence-corrected chi connectivity index (χ4v) is 7.73. The first-order valence-corrected chi connectivity index (χ1v) is 9.58. The quantitative estimate of drug-likeness (QED) is 0.817. The molecule has 2 N–H and O–H groups in total. The van der Waals surface area contributed by atoms with Gasteiger partial charge in [-0.15, -0.1) is 0 Å². The molecule has 1 aromatic rings. The molecule has 21 heavy (non-hydrogen) atoms. The molecule has 0 amide bonds. The summed E-state index contributed by atoms with van der Waals surface area (Å²) < 4.78 is 0.949. The molecule has 3 rings (SSSR count). The second kappa shape index (κ2) is 5.12. The summed E-state index contributed by atoms with van der Waals surface area (Å²) >= 11 is 0.0897. The van der Waals surface area contributed by atoms with Crippen molar-refractivity contribution in [3.05, 3.63) is 29.8 Å². The van der Waals surface area contributed by atoms with E-state index in [9.17, 15) is 15.0 Å². The number of benzene rings is 1. The molecule has 2 bridgehead atoms. The third kappa shape index (κ3) is 2.16. The van der Waals surface area contributed by atoms with E-state index in [2.05, 4.69) is 13.8 Å². The Balaban J connectivity index is 1.84. The Bertz CT molecular complexity index is 569. The summed E-state index contributed by atoms with van der Waals surface area (Å²) in [5.41, 5.74) is 0.587. The van der Waals surface area contributed by atoms with Crippen molar-refractivity contribution in [2.75, 3.05) is 0 Å². The third-order valence-corrected chi connectivity index (χ3v) is 8.77. The van der Waals surface area contributed by atoms with Gasteiger partial charge in [-0.25, -0.2) is 0 Å². The van der Waals surface area contributed by atoms with E-state index in [-0.39, 0.29) is 31.9 Å². The van der Waals surface area contributed by atoms with Crippen molar-refractivity contribution >= 4 is 25.4 Å². The van der Waals surface area contributed by atoms with Gasteiger partial charge < -0.3 is 0 Å². The first-order valence-electron chi connectivity index (χ1n) is 7.52. The Morgan fingerprint density at radius 3 is 2.67 bits per heavy atom. The van der Waals surface area contributed by atoms with E-state index in [0.717, 1.165) is 22.6 Å². The number of carboxylic acids is 1. The van der Waals surface area contributed by atoms with Gasteiger partial charge in [0.15, 0.2) is 0 Å². The van der Waals surface area contributed by atoms with Gasteiger partial charge >= 0.3 is 132 Å². The van der Waals surface area contributed by atoms with Crippen molar-refractivity contribution in [3.8, 4) is 0 Å². The molecule has 4 heteroatoms. The zero-order valence-electron chi connectivity index (χ0n) is 12.5. The van der Waals surface area contributed by atoms with Crippen molar-refractivity contribution in [3.63, 3.8) is 0 Å². The van der Waals surface area contributed by atoms with Crippen LogP contribution < -0.4 is 4.46 Å². The average molecular weight is 353 g/mol. The van der Waals surface area contributed by atoms with E-state index in [1.807, 2.05) is 12.1 Å². The van der Waals surface area contributed by atoms with Crippen LogP contribution >= 0.6 is 0 Å². The molecule has 0 aromatic heterocycles. The molecule has 0 spiro atoms. The van der Waals surface area contributed by atoms with E-state index >= 15 is 0 Å². The molecule has 2 saturated carbocycles. The summed E-state index contributed by atoms with van der Waals surface area (Å²) in [6, 6.07) is 7.31. The van der Waals surface area contributed by atoms with Crippen LogP contribution in [0.4, 0.5) is 0 Å². The molecule has 0 heterocycles. The van der Waals surface area contributed by atoms with Crippen LogP contribution in [0, 0.1) is 16.7 Å². The molecular formula is C17H22O3Se. The topological polar surface area (TPSA) is 57.5 Å². The molecule has 0 unspecified atom stereocenters. The van der Waals surface area contributed by atoms with E-state index in [1.165, 1.54) is 6.42 Å². The predicted octanol–water partition coefficient (Wildman–Crippen LogP) is 2.32. The number of carboxylic acid groups (broad SMARTS) is 1. The number of aliphatic hydroxyl groups is 1. The normalized spacial score (nSPS) is 33.3. The first kappa shape index (κ1) is 15.1. The van der Waals surface area contributed by atoms with Crippen LogP contribution in [0.3, 0.4) is 0 Å². The number of carbonyl (C=O) groups is 1. The Kier molecular flexibility index (Phi) is 3.67. The number of hydrogen-bond donors (Lipinski definition) is 2. The monoisotopic (exact) mass is 354 g/mol. The molecule has 114 valence electrons. The molecule has 2 aliphatic rings. The van der Waals surface area contributed by atoms with Gasteiger partial charge in [0, 0.05) is 0 Å². The van der Waals surface area contributed by atoms with Gasteiger partial charge in [-0.05, 0) is 0 Å². The van der Waals surface area contributed by atoms with Crippen molar-refractivity contribution in [1.29, 1.82) is 0 Å². The van der Waals surface area contributed by atoms with Crippen molar-refractivity contribution in [2.24, 2.45) is 16.7 Å². The van der Waals surface area contributed by atoms with Crippen LogP contribution in [0.5, 0.6) is 0 Å². The molecular weight excluding hydrogens is 331 g/mol. The molecule has 3 atom stereocenters. The summed E-state index contributed by atoms with van der Waals surface area (Å²) in [4.78, 5) is 11.3. The molecule has 3 nitrogen and oxygen atoms in total. The first-order chi connectivity index (χ1) is 9.88. The van der Waals surface area contributed by atoms with Gasteiger partial charge in [-0.2, -0.15) is 0 Å². The zero-order chi connectivity index (χ0) is 15.3. The molecule has 2 aliphatic carbocycles. The summed E-state index contributed by atoms with van der Waals surface area (Å²) in [7, 11) is 0. The summed E-state index contributed by atoms with van der Waals surface area (Å²) in [5.74, 6) is -0.224. The van der Waals surface area contributed by atoms with Gasteiger partial charge in [0.1, 0.15) is 0 Å². The van der Waals surface area contributed by atoms with Crippen molar-refractivity contribution in [2.45, 2.75) is 44.5 Å². The minimum atomic E-state index is -0.847. The molecule has 2 fully saturated rings. The Labute approximate surface area is 131 Å².